The number of nitrogens with two attached hydrogens (primary N) is 1. The number of imidazole rings is 1. The van der Waals surface area contributed by atoms with Crippen LogP contribution >= 0.6 is 0 Å². The molecule has 3 aromatic rings. The van der Waals surface area contributed by atoms with Crippen molar-refractivity contribution < 1.29 is 14.5 Å². The van der Waals surface area contributed by atoms with Gasteiger partial charge in [-0.25, -0.2) is 9.59 Å². The third-order valence-electron chi connectivity index (χ3n) is 5.95. The number of benzene rings is 2. The van der Waals surface area contributed by atoms with Crippen LogP contribution in [0.5, 0.6) is 0 Å². The van der Waals surface area contributed by atoms with E-state index in [0.29, 0.717) is 16.1 Å². The molecule has 0 aliphatic heterocycles. The van der Waals surface area contributed by atoms with E-state index in [-0.39, 0.29) is 29.0 Å². The molecule has 0 saturated heterocycles. The molecule has 0 radical (unpaired) electrons. The number of hydrogen-bond donors (Lipinski definition) is 1. The van der Waals surface area contributed by atoms with Gasteiger partial charge in [-0.15, -0.1) is 0 Å². The van der Waals surface area contributed by atoms with Crippen LogP contribution in [-0.2, 0) is 17.8 Å². The first-order chi connectivity index (χ1) is 16.2. The quantitative estimate of drug-likeness (QED) is 0.399. The average Bonchev–Trinajstić information content (AvgIpc) is 3.11. The minimum atomic E-state index is -0.974. The van der Waals surface area contributed by atoms with Gasteiger partial charge in [0.25, 0.3) is 5.69 Å². The summed E-state index contributed by atoms with van der Waals surface area (Å²) in [5, 5.41) is 11.8. The molecule has 0 atom stereocenters. The summed E-state index contributed by atoms with van der Waals surface area (Å²) in [7, 11) is 1.20. The van der Waals surface area contributed by atoms with Gasteiger partial charge in [-0.2, -0.15) is 0 Å². The van der Waals surface area contributed by atoms with E-state index in [1.165, 1.54) is 28.3 Å². The summed E-state index contributed by atoms with van der Waals surface area (Å²) < 4.78 is 2.87. The Bertz CT molecular complexity index is 1300. The second kappa shape index (κ2) is 9.77. The highest BCUT2D eigenvalue weighted by molar-refractivity contribution is 5.97. The van der Waals surface area contributed by atoms with Crippen molar-refractivity contribution in [3.05, 3.63) is 62.6 Å². The van der Waals surface area contributed by atoms with E-state index in [2.05, 4.69) is 18.7 Å². The number of carbonyl (C=O) groups excluding carboxylic acids is 2. The van der Waals surface area contributed by atoms with E-state index in [9.17, 15) is 24.5 Å². The number of aromatic nitrogens is 2. The topological polar surface area (TPSA) is 137 Å². The van der Waals surface area contributed by atoms with Gasteiger partial charge in [0.15, 0.2) is 0 Å². The van der Waals surface area contributed by atoms with Crippen LogP contribution in [-0.4, -0.2) is 51.0 Å². The van der Waals surface area contributed by atoms with Crippen LogP contribution in [0.25, 0.3) is 16.7 Å². The molecule has 2 N–H and O–H groups in total. The smallest absolute Gasteiger partial charge is 0.333 e. The van der Waals surface area contributed by atoms with Gasteiger partial charge in [-0.3, -0.25) is 28.9 Å². The third-order valence-corrected chi connectivity index (χ3v) is 5.95. The molecule has 0 spiro atoms. The lowest BCUT2D eigenvalue weighted by Gasteiger charge is -2.21. The maximum atomic E-state index is 13.4. The zero-order valence-corrected chi connectivity index (χ0v) is 19.6. The number of amides is 3. The Kier molecular flexibility index (Phi) is 7.04. The standard InChI is InChI=1S/C23H28N6O5/c1-5-26(6-2)15-8-10-16(11-9-15)28-19-13-12-18(29(33)34)17(14-20(30)25(4)22(24)31)21(19)27(7-3)23(28)32/h8-13H,5-7,14H2,1-4H3,(H2,24,31). The third kappa shape index (κ3) is 4.24. The zero-order chi connectivity index (χ0) is 25.2. The highest BCUT2D eigenvalue weighted by atomic mass is 16.6. The molecule has 0 aliphatic carbocycles. The molecule has 34 heavy (non-hydrogen) atoms. The molecule has 2 aromatic carbocycles. The van der Waals surface area contributed by atoms with Crippen molar-refractivity contribution in [2.24, 2.45) is 5.73 Å². The molecule has 3 rings (SSSR count). The number of urea groups is 1. The van der Waals surface area contributed by atoms with Gasteiger partial charge in [0, 0.05) is 38.4 Å². The van der Waals surface area contributed by atoms with Crippen molar-refractivity contribution >= 4 is 34.3 Å². The number of primary amides is 1. The molecule has 0 fully saturated rings. The Morgan fingerprint density at radius 3 is 2.18 bits per heavy atom. The number of rotatable bonds is 8. The molecule has 11 heteroatoms. The Morgan fingerprint density at radius 1 is 1.06 bits per heavy atom. The highest BCUT2D eigenvalue weighted by Crippen LogP contribution is 2.30. The normalized spacial score (nSPS) is 10.9. The molecule has 1 aromatic heterocycles. The number of fused-ring (bicyclic) bond motifs is 1. The largest absolute Gasteiger partial charge is 0.372 e. The molecular weight excluding hydrogens is 440 g/mol. The predicted octanol–water partition coefficient (Wildman–Crippen LogP) is 2.65. The fourth-order valence-electron chi connectivity index (χ4n) is 4.10. The van der Waals surface area contributed by atoms with Gasteiger partial charge in [0.05, 0.1) is 33.6 Å². The molecule has 0 aliphatic rings. The Balaban J connectivity index is 2.26. The summed E-state index contributed by atoms with van der Waals surface area (Å²) in [6.07, 6.45) is -0.461. The van der Waals surface area contributed by atoms with E-state index in [1.54, 1.807) is 6.92 Å². The number of carbonyl (C=O) groups is 2. The molecule has 180 valence electrons. The highest BCUT2D eigenvalue weighted by Gasteiger charge is 2.27. The fourth-order valence-corrected chi connectivity index (χ4v) is 4.10. The van der Waals surface area contributed by atoms with E-state index in [4.69, 9.17) is 5.73 Å². The van der Waals surface area contributed by atoms with Crippen molar-refractivity contribution in [2.45, 2.75) is 33.7 Å². The van der Waals surface area contributed by atoms with E-state index in [1.807, 2.05) is 24.3 Å². The zero-order valence-electron chi connectivity index (χ0n) is 19.6. The SMILES string of the molecule is CCN(CC)c1ccc(-n2c(=O)n(CC)c3c(CC(=O)N(C)C(N)=O)c([N+](=O)[O-])ccc32)cc1. The number of anilines is 1. The lowest BCUT2D eigenvalue weighted by Crippen LogP contribution is -2.38. The van der Waals surface area contributed by atoms with Crippen LogP contribution in [0.1, 0.15) is 26.3 Å². The van der Waals surface area contributed by atoms with Gasteiger partial charge >= 0.3 is 11.7 Å². The summed E-state index contributed by atoms with van der Waals surface area (Å²) >= 11 is 0. The molecule has 11 nitrogen and oxygen atoms in total. The molecule has 0 unspecified atom stereocenters. The first-order valence-electron chi connectivity index (χ1n) is 11.0. The van der Waals surface area contributed by atoms with Crippen LogP contribution in [0.4, 0.5) is 16.2 Å². The van der Waals surface area contributed by atoms with Gasteiger partial charge < -0.3 is 10.6 Å². The van der Waals surface area contributed by atoms with Gasteiger partial charge in [-0.05, 0) is 51.1 Å². The molecule has 1 heterocycles. The van der Waals surface area contributed by atoms with E-state index >= 15 is 0 Å². The maximum absolute atomic E-state index is 13.4. The van der Waals surface area contributed by atoms with Gasteiger partial charge in [0.2, 0.25) is 5.91 Å². The molecule has 0 bridgehead atoms. The Hall–Kier alpha value is -4.15. The van der Waals surface area contributed by atoms with Gasteiger partial charge in [0.1, 0.15) is 0 Å². The second-order valence-electron chi connectivity index (χ2n) is 7.71. The monoisotopic (exact) mass is 468 g/mol. The number of nitro groups is 1. The predicted molar refractivity (Wildman–Crippen MR) is 129 cm³/mol. The molecule has 0 saturated carbocycles. The lowest BCUT2D eigenvalue weighted by molar-refractivity contribution is -0.385. The maximum Gasteiger partial charge on any atom is 0.333 e. The van der Waals surface area contributed by atoms with Crippen molar-refractivity contribution in [2.75, 3.05) is 25.0 Å². The number of imide groups is 1. The second-order valence-corrected chi connectivity index (χ2v) is 7.71. The summed E-state index contributed by atoms with van der Waals surface area (Å²) in [5.74, 6) is -0.713. The summed E-state index contributed by atoms with van der Waals surface area (Å²) in [6, 6.07) is 9.28. The minimum absolute atomic E-state index is 0.0538. The van der Waals surface area contributed by atoms with Gasteiger partial charge in [-0.1, -0.05) is 0 Å². The summed E-state index contributed by atoms with van der Waals surface area (Å²) in [4.78, 5) is 51.4. The van der Waals surface area contributed by atoms with Crippen molar-refractivity contribution in [1.29, 1.82) is 0 Å². The van der Waals surface area contributed by atoms with Crippen LogP contribution in [0.2, 0.25) is 0 Å². The number of hydrogen-bond acceptors (Lipinski definition) is 6. The molecular formula is C23H28N6O5. The van der Waals surface area contributed by atoms with Crippen molar-refractivity contribution in [1.82, 2.24) is 14.0 Å². The van der Waals surface area contributed by atoms with Crippen molar-refractivity contribution in [3.63, 3.8) is 0 Å². The van der Waals surface area contributed by atoms with Crippen LogP contribution < -0.4 is 16.3 Å². The molecule has 3 amide bonds. The number of aryl methyl sites for hydroxylation is 1. The van der Waals surface area contributed by atoms with Crippen LogP contribution in [0.15, 0.2) is 41.2 Å². The van der Waals surface area contributed by atoms with Crippen LogP contribution in [0, 0.1) is 10.1 Å². The Morgan fingerprint density at radius 2 is 1.68 bits per heavy atom. The van der Waals surface area contributed by atoms with E-state index < -0.39 is 23.3 Å². The van der Waals surface area contributed by atoms with Crippen molar-refractivity contribution in [3.8, 4) is 5.69 Å². The van der Waals surface area contributed by atoms with Crippen LogP contribution in [0.3, 0.4) is 0 Å². The number of nitro benzene ring substituents is 1. The lowest BCUT2D eigenvalue weighted by atomic mass is 10.1. The van der Waals surface area contributed by atoms with E-state index in [0.717, 1.165) is 18.8 Å². The fraction of sp³-hybridized carbons (Fsp3) is 0.348. The minimum Gasteiger partial charge on any atom is -0.372 e. The number of nitrogens with zero attached hydrogens (tertiary/aromatic N) is 5. The first-order valence-corrected chi connectivity index (χ1v) is 11.0. The first kappa shape index (κ1) is 24.5. The summed E-state index contributed by atoms with van der Waals surface area (Å²) in [6.45, 7) is 7.77. The average molecular weight is 469 g/mol. The Labute approximate surface area is 196 Å². The summed E-state index contributed by atoms with van der Waals surface area (Å²) in [5.41, 5.74) is 6.86. The number of likely N-dealkylation sites (N-methyl/N-ethyl adjacent to an activating group) is 1.